The van der Waals surface area contributed by atoms with Crippen molar-refractivity contribution < 1.29 is 27.5 Å². The minimum absolute atomic E-state index is 0.0900. The second-order valence-electron chi connectivity index (χ2n) is 7.50. The molecule has 0 radical (unpaired) electrons. The standard InChI is InChI=1S/C24H29N3O6S/c1-5-26(6-2)34(30,31)19-12-13-21-20(16-19)25-22(27(21)7-3)14-15-23(28)33-18-10-8-17(9-11-18)24(29)32-4/h8-13,16H,5-7,14-15H2,1-4H3. The summed E-state index contributed by atoms with van der Waals surface area (Å²) in [4.78, 5) is 28.7. The van der Waals surface area contributed by atoms with E-state index in [1.165, 1.54) is 35.7 Å². The van der Waals surface area contributed by atoms with Gasteiger partial charge >= 0.3 is 11.9 Å². The van der Waals surface area contributed by atoms with Crippen molar-refractivity contribution in [3.05, 3.63) is 53.9 Å². The molecule has 182 valence electrons. The van der Waals surface area contributed by atoms with Crippen LogP contribution in [0.25, 0.3) is 11.0 Å². The Labute approximate surface area is 199 Å². The lowest BCUT2D eigenvalue weighted by Crippen LogP contribution is -2.30. The number of aromatic nitrogens is 2. The lowest BCUT2D eigenvalue weighted by Gasteiger charge is -2.18. The van der Waals surface area contributed by atoms with Crippen LogP contribution in [0.1, 0.15) is 43.4 Å². The van der Waals surface area contributed by atoms with Gasteiger partial charge in [-0.25, -0.2) is 18.2 Å². The first kappa shape index (κ1) is 25.4. The smallest absolute Gasteiger partial charge is 0.337 e. The fourth-order valence-corrected chi connectivity index (χ4v) is 5.23. The predicted molar refractivity (Wildman–Crippen MR) is 127 cm³/mol. The quantitative estimate of drug-likeness (QED) is 0.318. The van der Waals surface area contributed by atoms with Gasteiger partial charge in [0, 0.05) is 26.1 Å². The van der Waals surface area contributed by atoms with Crippen molar-refractivity contribution >= 4 is 33.0 Å². The average molecular weight is 488 g/mol. The Balaban J connectivity index is 1.75. The van der Waals surface area contributed by atoms with E-state index in [2.05, 4.69) is 9.72 Å². The average Bonchev–Trinajstić information content (AvgIpc) is 3.20. The number of methoxy groups -OCH3 is 1. The molecule has 0 spiro atoms. The molecule has 0 saturated heterocycles. The van der Waals surface area contributed by atoms with Gasteiger partial charge in [-0.2, -0.15) is 4.31 Å². The van der Waals surface area contributed by atoms with Crippen LogP contribution in [0, 0.1) is 0 Å². The van der Waals surface area contributed by atoms with Crippen LogP contribution < -0.4 is 4.74 Å². The maximum absolute atomic E-state index is 12.9. The summed E-state index contributed by atoms with van der Waals surface area (Å²) < 4.78 is 39.1. The lowest BCUT2D eigenvalue weighted by molar-refractivity contribution is -0.134. The molecule has 10 heteroatoms. The molecule has 9 nitrogen and oxygen atoms in total. The number of rotatable bonds is 10. The number of nitrogens with zero attached hydrogens (tertiary/aromatic N) is 3. The molecule has 0 aliphatic rings. The largest absolute Gasteiger partial charge is 0.465 e. The van der Waals surface area contributed by atoms with E-state index in [0.717, 1.165) is 5.52 Å². The Morgan fingerprint density at radius 1 is 1.03 bits per heavy atom. The zero-order valence-corrected chi connectivity index (χ0v) is 20.6. The van der Waals surface area contributed by atoms with Crippen LogP contribution in [0.2, 0.25) is 0 Å². The van der Waals surface area contributed by atoms with Gasteiger partial charge in [0.25, 0.3) is 0 Å². The van der Waals surface area contributed by atoms with E-state index in [1.54, 1.807) is 32.0 Å². The van der Waals surface area contributed by atoms with Crippen molar-refractivity contribution in [1.82, 2.24) is 13.9 Å². The third kappa shape index (κ3) is 5.28. The molecule has 0 N–H and O–H groups in total. The molecular formula is C24H29N3O6S. The van der Waals surface area contributed by atoms with Crippen molar-refractivity contribution in [2.75, 3.05) is 20.2 Å². The molecule has 1 aromatic heterocycles. The van der Waals surface area contributed by atoms with Crippen LogP contribution in [0.5, 0.6) is 5.75 Å². The van der Waals surface area contributed by atoms with Crippen molar-refractivity contribution in [2.24, 2.45) is 0 Å². The zero-order chi connectivity index (χ0) is 24.9. The number of fused-ring (bicyclic) bond motifs is 1. The first-order valence-corrected chi connectivity index (χ1v) is 12.6. The number of sulfonamides is 1. The summed E-state index contributed by atoms with van der Waals surface area (Å²) in [5, 5.41) is 0. The van der Waals surface area contributed by atoms with Gasteiger partial charge in [0.2, 0.25) is 10.0 Å². The second-order valence-corrected chi connectivity index (χ2v) is 9.44. The first-order valence-electron chi connectivity index (χ1n) is 11.1. The SMILES string of the molecule is CCN(CC)S(=O)(=O)c1ccc2c(c1)nc(CCC(=O)Oc1ccc(C(=O)OC)cc1)n2CC. The number of carbonyl (C=O) groups is 2. The second kappa shape index (κ2) is 10.8. The van der Waals surface area contributed by atoms with Gasteiger partial charge in [-0.3, -0.25) is 4.79 Å². The summed E-state index contributed by atoms with van der Waals surface area (Å²) >= 11 is 0. The van der Waals surface area contributed by atoms with Gasteiger partial charge in [-0.1, -0.05) is 13.8 Å². The highest BCUT2D eigenvalue weighted by molar-refractivity contribution is 7.89. The minimum atomic E-state index is -3.59. The summed E-state index contributed by atoms with van der Waals surface area (Å²) in [7, 11) is -2.30. The topological polar surface area (TPSA) is 108 Å². The highest BCUT2D eigenvalue weighted by atomic mass is 32.2. The minimum Gasteiger partial charge on any atom is -0.465 e. The third-order valence-corrected chi connectivity index (χ3v) is 7.56. The predicted octanol–water partition coefficient (Wildman–Crippen LogP) is 3.41. The van der Waals surface area contributed by atoms with Gasteiger partial charge in [-0.15, -0.1) is 0 Å². The van der Waals surface area contributed by atoms with Gasteiger partial charge < -0.3 is 14.0 Å². The Hall–Kier alpha value is -3.24. The number of aryl methyl sites for hydroxylation is 2. The van der Waals surface area contributed by atoms with Crippen molar-refractivity contribution in [1.29, 1.82) is 0 Å². The van der Waals surface area contributed by atoms with E-state index in [0.29, 0.717) is 48.7 Å². The van der Waals surface area contributed by atoms with Crippen LogP contribution in [-0.4, -0.2) is 54.4 Å². The lowest BCUT2D eigenvalue weighted by atomic mass is 10.2. The van der Waals surface area contributed by atoms with Crippen molar-refractivity contribution in [3.8, 4) is 5.75 Å². The summed E-state index contributed by atoms with van der Waals surface area (Å²) in [6.07, 6.45) is 0.423. The highest BCUT2D eigenvalue weighted by Crippen LogP contribution is 2.24. The van der Waals surface area contributed by atoms with Crippen LogP contribution in [0.4, 0.5) is 0 Å². The first-order chi connectivity index (χ1) is 16.2. The Bertz CT molecular complexity index is 1280. The number of esters is 2. The van der Waals surface area contributed by atoms with Gasteiger partial charge in [0.05, 0.1) is 35.0 Å². The van der Waals surface area contributed by atoms with Gasteiger partial charge in [0.15, 0.2) is 0 Å². The fourth-order valence-electron chi connectivity index (χ4n) is 3.75. The van der Waals surface area contributed by atoms with Crippen molar-refractivity contribution in [2.45, 2.75) is 45.1 Å². The molecule has 0 aliphatic carbocycles. The zero-order valence-electron chi connectivity index (χ0n) is 19.8. The number of ether oxygens (including phenoxy) is 2. The molecule has 2 aromatic carbocycles. The molecule has 0 bridgehead atoms. The van der Waals surface area contributed by atoms with Crippen LogP contribution >= 0.6 is 0 Å². The number of benzene rings is 2. The molecule has 0 atom stereocenters. The summed E-state index contributed by atoms with van der Waals surface area (Å²) in [5.41, 5.74) is 1.74. The molecule has 3 aromatic rings. The molecule has 0 unspecified atom stereocenters. The summed E-state index contributed by atoms with van der Waals surface area (Å²) in [6, 6.07) is 11.0. The van der Waals surface area contributed by atoms with Gasteiger partial charge in [-0.05, 0) is 49.4 Å². The molecule has 34 heavy (non-hydrogen) atoms. The summed E-state index contributed by atoms with van der Waals surface area (Å²) in [6.45, 7) is 6.97. The number of imidazole rings is 1. The van der Waals surface area contributed by atoms with Gasteiger partial charge in [0.1, 0.15) is 11.6 Å². The monoisotopic (exact) mass is 487 g/mol. The van der Waals surface area contributed by atoms with Crippen LogP contribution in [0.3, 0.4) is 0 Å². The maximum atomic E-state index is 12.9. The molecule has 0 aliphatic heterocycles. The third-order valence-electron chi connectivity index (χ3n) is 5.52. The Morgan fingerprint density at radius 2 is 1.71 bits per heavy atom. The fraction of sp³-hybridized carbons (Fsp3) is 0.375. The Morgan fingerprint density at radius 3 is 2.29 bits per heavy atom. The van der Waals surface area contributed by atoms with E-state index >= 15 is 0 Å². The van der Waals surface area contributed by atoms with Crippen LogP contribution in [-0.2, 0) is 32.5 Å². The van der Waals surface area contributed by atoms with E-state index in [1.807, 2.05) is 11.5 Å². The molecule has 0 amide bonds. The van der Waals surface area contributed by atoms with E-state index in [-0.39, 0.29) is 11.3 Å². The number of carbonyl (C=O) groups excluding carboxylic acids is 2. The van der Waals surface area contributed by atoms with Crippen LogP contribution in [0.15, 0.2) is 47.4 Å². The molecule has 1 heterocycles. The number of hydrogen-bond acceptors (Lipinski definition) is 7. The van der Waals surface area contributed by atoms with Crippen molar-refractivity contribution in [3.63, 3.8) is 0 Å². The van der Waals surface area contributed by atoms with E-state index in [9.17, 15) is 18.0 Å². The van der Waals surface area contributed by atoms with E-state index < -0.39 is 22.0 Å². The Kier molecular flexibility index (Phi) is 8.06. The number of hydrogen-bond donors (Lipinski definition) is 0. The highest BCUT2D eigenvalue weighted by Gasteiger charge is 2.23. The van der Waals surface area contributed by atoms with E-state index in [4.69, 9.17) is 4.74 Å². The normalized spacial score (nSPS) is 11.7. The molecular weight excluding hydrogens is 458 g/mol. The molecule has 3 rings (SSSR count). The molecule has 0 fully saturated rings. The summed E-state index contributed by atoms with van der Waals surface area (Å²) in [5.74, 6) is 0.0931. The molecule has 0 saturated carbocycles. The maximum Gasteiger partial charge on any atom is 0.337 e.